The second kappa shape index (κ2) is 11.8. The van der Waals surface area contributed by atoms with Crippen molar-refractivity contribution in [1.82, 2.24) is 15.1 Å². The van der Waals surface area contributed by atoms with Gasteiger partial charge in [0, 0.05) is 38.6 Å². The quantitative estimate of drug-likeness (QED) is 0.702. The first-order valence-corrected chi connectivity index (χ1v) is 9.89. The Morgan fingerprint density at radius 2 is 1.76 bits per heavy atom. The maximum atomic E-state index is 12.2. The molecule has 1 N–H and O–H groups in total. The van der Waals surface area contributed by atoms with Crippen LogP contribution in [-0.4, -0.2) is 87.4 Å². The summed E-state index contributed by atoms with van der Waals surface area (Å²) in [4.78, 5) is 16.9. The van der Waals surface area contributed by atoms with E-state index in [2.05, 4.69) is 22.2 Å². The van der Waals surface area contributed by atoms with Crippen LogP contribution in [-0.2, 0) is 14.3 Å². The maximum absolute atomic E-state index is 12.2. The number of piperidine rings is 1. The van der Waals surface area contributed by atoms with Crippen LogP contribution in [0.1, 0.15) is 40.5 Å². The molecule has 6 nitrogen and oxygen atoms in total. The predicted molar refractivity (Wildman–Crippen MR) is 102 cm³/mol. The Labute approximate surface area is 154 Å². The minimum atomic E-state index is -0.196. The number of hydrogen-bond donors (Lipinski definition) is 1. The zero-order chi connectivity index (χ0) is 18.7. The lowest BCUT2D eigenvalue weighted by Crippen LogP contribution is -2.58. The van der Waals surface area contributed by atoms with Gasteiger partial charge in [-0.3, -0.25) is 9.69 Å². The summed E-state index contributed by atoms with van der Waals surface area (Å²) < 4.78 is 11.3. The monoisotopic (exact) mass is 357 g/mol. The summed E-state index contributed by atoms with van der Waals surface area (Å²) in [6, 6.07) is 0. The molecule has 2 fully saturated rings. The van der Waals surface area contributed by atoms with Crippen molar-refractivity contribution in [1.29, 1.82) is 0 Å². The highest BCUT2D eigenvalue weighted by atomic mass is 16.5. The van der Waals surface area contributed by atoms with Gasteiger partial charge in [-0.1, -0.05) is 27.7 Å². The molecule has 2 aliphatic rings. The van der Waals surface area contributed by atoms with Gasteiger partial charge in [0.15, 0.2) is 0 Å². The number of ether oxygens (including phenoxy) is 2. The van der Waals surface area contributed by atoms with Crippen LogP contribution in [0.25, 0.3) is 0 Å². The molecule has 0 aliphatic carbocycles. The summed E-state index contributed by atoms with van der Waals surface area (Å²) in [6.45, 7) is 15.8. The van der Waals surface area contributed by atoms with Gasteiger partial charge in [0.25, 0.3) is 0 Å². The Morgan fingerprint density at radius 3 is 2.32 bits per heavy atom. The van der Waals surface area contributed by atoms with Gasteiger partial charge in [0.1, 0.15) is 0 Å². The summed E-state index contributed by atoms with van der Waals surface area (Å²) >= 11 is 0. The van der Waals surface area contributed by atoms with Gasteiger partial charge in [0.2, 0.25) is 5.91 Å². The minimum absolute atomic E-state index is 0.0138. The van der Waals surface area contributed by atoms with Gasteiger partial charge in [-0.2, -0.15) is 0 Å². The van der Waals surface area contributed by atoms with Gasteiger partial charge < -0.3 is 19.7 Å². The molecule has 2 aliphatic heterocycles. The van der Waals surface area contributed by atoms with E-state index in [1.165, 1.54) is 0 Å². The van der Waals surface area contributed by atoms with Crippen molar-refractivity contribution in [2.24, 2.45) is 5.92 Å². The molecule has 1 amide bonds. The second-order valence-corrected chi connectivity index (χ2v) is 7.23. The van der Waals surface area contributed by atoms with Crippen LogP contribution >= 0.6 is 0 Å². The standard InChI is InChI=1S/C17H33N3O3.C2H6/c1-15(2)16(21)18-17(4-6-19(3)7-5-17)14-23-13-10-20-8-11-22-12-9-20;1-2/h15H,4-14H2,1-3H3,(H,18,21);1-2H3. The van der Waals surface area contributed by atoms with Crippen LogP contribution in [0, 0.1) is 5.92 Å². The molecular formula is C19H39N3O3. The number of rotatable bonds is 7. The maximum Gasteiger partial charge on any atom is 0.223 e. The van der Waals surface area contributed by atoms with Gasteiger partial charge >= 0.3 is 0 Å². The Bertz CT molecular complexity index is 363. The first-order chi connectivity index (χ1) is 12.0. The van der Waals surface area contributed by atoms with Crippen LogP contribution in [0.5, 0.6) is 0 Å². The van der Waals surface area contributed by atoms with Crippen LogP contribution < -0.4 is 5.32 Å². The van der Waals surface area contributed by atoms with Crippen molar-refractivity contribution in [3.8, 4) is 0 Å². The van der Waals surface area contributed by atoms with E-state index < -0.39 is 0 Å². The molecular weight excluding hydrogens is 318 g/mol. The van der Waals surface area contributed by atoms with Gasteiger partial charge in [-0.05, 0) is 19.9 Å². The van der Waals surface area contributed by atoms with Crippen molar-refractivity contribution in [3.63, 3.8) is 0 Å². The zero-order valence-corrected chi connectivity index (χ0v) is 17.0. The summed E-state index contributed by atoms with van der Waals surface area (Å²) in [6.07, 6.45) is 1.92. The van der Waals surface area contributed by atoms with Crippen molar-refractivity contribution in [2.45, 2.75) is 46.1 Å². The normalized spacial score (nSPS) is 21.5. The third-order valence-electron chi connectivity index (χ3n) is 4.89. The summed E-state index contributed by atoms with van der Waals surface area (Å²) in [5, 5.41) is 3.27. The molecule has 0 atom stereocenters. The average Bonchev–Trinajstić information content (AvgIpc) is 2.64. The molecule has 2 rings (SSSR count). The number of carbonyl (C=O) groups excluding carboxylic acids is 1. The molecule has 2 heterocycles. The van der Waals surface area contributed by atoms with Crippen molar-refractivity contribution >= 4 is 5.91 Å². The fraction of sp³-hybridized carbons (Fsp3) is 0.947. The lowest BCUT2D eigenvalue weighted by atomic mass is 9.87. The largest absolute Gasteiger partial charge is 0.379 e. The minimum Gasteiger partial charge on any atom is -0.379 e. The molecule has 0 aromatic rings. The van der Waals surface area contributed by atoms with Crippen molar-refractivity contribution in [3.05, 3.63) is 0 Å². The van der Waals surface area contributed by atoms with Gasteiger partial charge in [0.05, 0.1) is 32.0 Å². The zero-order valence-electron chi connectivity index (χ0n) is 17.0. The molecule has 0 spiro atoms. The fourth-order valence-electron chi connectivity index (χ4n) is 3.04. The Balaban J connectivity index is 0.00000151. The van der Waals surface area contributed by atoms with E-state index in [1.54, 1.807) is 0 Å². The molecule has 25 heavy (non-hydrogen) atoms. The molecule has 0 bridgehead atoms. The number of carbonyl (C=O) groups is 1. The Kier molecular flexibility index (Phi) is 10.6. The summed E-state index contributed by atoms with van der Waals surface area (Å²) in [5.74, 6) is 0.145. The molecule has 0 unspecified atom stereocenters. The average molecular weight is 358 g/mol. The number of nitrogens with one attached hydrogen (secondary N) is 1. The molecule has 0 radical (unpaired) electrons. The van der Waals surface area contributed by atoms with E-state index in [0.717, 1.165) is 65.4 Å². The first kappa shape index (κ1) is 22.4. The summed E-state index contributed by atoms with van der Waals surface area (Å²) in [5.41, 5.74) is -0.196. The van der Waals surface area contributed by atoms with Crippen LogP contribution in [0.4, 0.5) is 0 Å². The van der Waals surface area contributed by atoms with E-state index >= 15 is 0 Å². The van der Waals surface area contributed by atoms with E-state index in [4.69, 9.17) is 9.47 Å². The number of hydrogen-bond acceptors (Lipinski definition) is 5. The van der Waals surface area contributed by atoms with Crippen LogP contribution in [0.2, 0.25) is 0 Å². The third-order valence-corrected chi connectivity index (χ3v) is 4.89. The van der Waals surface area contributed by atoms with Gasteiger partial charge in [-0.25, -0.2) is 0 Å². The highest BCUT2D eigenvalue weighted by Crippen LogP contribution is 2.23. The van der Waals surface area contributed by atoms with Crippen LogP contribution in [0.3, 0.4) is 0 Å². The third kappa shape index (κ3) is 8.03. The number of nitrogens with zero attached hydrogens (tertiary/aromatic N) is 2. The lowest BCUT2D eigenvalue weighted by Gasteiger charge is -2.41. The lowest BCUT2D eigenvalue weighted by molar-refractivity contribution is -0.128. The van der Waals surface area contributed by atoms with E-state index in [0.29, 0.717) is 6.61 Å². The highest BCUT2D eigenvalue weighted by molar-refractivity contribution is 5.78. The predicted octanol–water partition coefficient (Wildman–Crippen LogP) is 1.60. The molecule has 6 heteroatoms. The highest BCUT2D eigenvalue weighted by Gasteiger charge is 2.36. The smallest absolute Gasteiger partial charge is 0.223 e. The molecule has 0 aromatic heterocycles. The Morgan fingerprint density at radius 1 is 1.16 bits per heavy atom. The van der Waals surface area contributed by atoms with Gasteiger partial charge in [-0.15, -0.1) is 0 Å². The molecule has 0 aromatic carbocycles. The topological polar surface area (TPSA) is 54.0 Å². The van der Waals surface area contributed by atoms with E-state index in [9.17, 15) is 4.79 Å². The fourth-order valence-corrected chi connectivity index (χ4v) is 3.04. The van der Waals surface area contributed by atoms with Crippen molar-refractivity contribution < 1.29 is 14.3 Å². The van der Waals surface area contributed by atoms with Crippen molar-refractivity contribution in [2.75, 3.05) is 66.2 Å². The van der Waals surface area contributed by atoms with E-state index in [1.807, 2.05) is 27.7 Å². The SMILES string of the molecule is CC.CC(C)C(=O)NC1(COCCN2CCOCC2)CCN(C)CC1. The number of likely N-dealkylation sites (tertiary alicyclic amines) is 1. The molecule has 2 saturated heterocycles. The number of amides is 1. The Hall–Kier alpha value is -0.690. The molecule has 148 valence electrons. The number of morpholine rings is 1. The molecule has 0 saturated carbocycles. The van der Waals surface area contributed by atoms with Crippen LogP contribution in [0.15, 0.2) is 0 Å². The van der Waals surface area contributed by atoms with E-state index in [-0.39, 0.29) is 17.4 Å². The second-order valence-electron chi connectivity index (χ2n) is 7.23. The summed E-state index contributed by atoms with van der Waals surface area (Å²) in [7, 11) is 2.13. The first-order valence-electron chi connectivity index (χ1n) is 9.89.